The number of aromatic nitrogens is 1. The topological polar surface area (TPSA) is 217 Å². The van der Waals surface area contributed by atoms with E-state index in [9.17, 15) is 33.6 Å². The predicted molar refractivity (Wildman–Crippen MR) is 370 cm³/mol. The van der Waals surface area contributed by atoms with Gasteiger partial charge in [0.2, 0.25) is 17.4 Å². The predicted octanol–water partition coefficient (Wildman–Crippen LogP) is 12.9. The molecule has 23 heteroatoms. The summed E-state index contributed by atoms with van der Waals surface area (Å²) in [4.78, 5) is 90.7. The van der Waals surface area contributed by atoms with Crippen LogP contribution in [-0.2, 0) is 58.9 Å². The Morgan fingerprint density at radius 3 is 1.92 bits per heavy atom. The number of amides is 7. The lowest BCUT2D eigenvalue weighted by molar-refractivity contribution is -0.699. The highest BCUT2D eigenvalue weighted by Crippen LogP contribution is 2.35. The molecule has 7 heterocycles. The lowest BCUT2D eigenvalue weighted by Crippen LogP contribution is -2.36. The van der Waals surface area contributed by atoms with Crippen molar-refractivity contribution in [2.75, 3.05) is 52.0 Å². The number of likely N-dealkylation sites (N-methyl/N-ethyl adjacent to an activating group) is 1. The smallest absolute Gasteiger partial charge is 0.422 e. The lowest BCUT2D eigenvalue weighted by Gasteiger charge is -2.28. The van der Waals surface area contributed by atoms with Gasteiger partial charge in [0, 0.05) is 79.5 Å². The number of rotatable bonds is 17. The van der Waals surface area contributed by atoms with Gasteiger partial charge in [0.05, 0.1) is 39.0 Å². The Labute approximate surface area is 571 Å². The minimum Gasteiger partial charge on any atom is -0.497 e. The van der Waals surface area contributed by atoms with E-state index < -0.39 is 29.9 Å². The maximum Gasteiger partial charge on any atom is 0.422 e. The molecule has 0 radical (unpaired) electrons. The number of imide groups is 3. The number of fused-ring (bicyclic) bond motifs is 3. The molecule has 0 N–H and O–H groups in total. The number of anilines is 2. The molecule has 0 saturated carbocycles. The normalized spacial score (nSPS) is 19.0. The van der Waals surface area contributed by atoms with E-state index >= 15 is 0 Å². The number of thiocarbonyl (C=S) groups is 2. The van der Waals surface area contributed by atoms with Crippen LogP contribution in [0.4, 0.5) is 21.0 Å². The van der Waals surface area contributed by atoms with E-state index in [2.05, 4.69) is 52.8 Å². The standard InChI is InChI=1S/C27H26N2O4.C18H13NO4.C16H21N2O3S.C13H11NO4S/c30-26-25(33-27(31)28(26)19-24-12-7-17-32-24)18-20-13-15-23(16-14-20)29(21-8-3-1-4-9-21)22-10-5-2-6-11-22;1-2-19-17(20)16(23-18(19)21)10-11-7-8-15-13(9-11)12-5-3-4-6-14(12)22-15;1-3-4-8-17-9-6-5-7-13(17)12-14-15(19)18(10-11-20-2)16(22)21-14;1-8(15)14-12(16)11(18-13(14)19)7-9-3-5-10(17-2)6-4-9/h1-6,8-11,13,15-16,18,20,24H,7,12,14,17,19H2;3-10H,2H2,1H3;5-7,9,12H,3-4,8,10-11H2,1-2H3;3-7H,1-2H3/q;;+1;/b25-18+;16-10+;14-12+;11-7+. The second-order valence-corrected chi connectivity index (χ2v) is 23.1. The molecule has 13 rings (SSSR count). The van der Waals surface area contributed by atoms with Crippen LogP contribution in [0.2, 0.25) is 0 Å². The van der Waals surface area contributed by atoms with Gasteiger partial charge < -0.3 is 42.5 Å². The first-order chi connectivity index (χ1) is 47.0. The van der Waals surface area contributed by atoms with Crippen LogP contribution in [0.3, 0.4) is 0 Å². The third-order valence-corrected chi connectivity index (χ3v) is 16.4. The Balaban J connectivity index is 0.000000144. The molecule has 498 valence electrons. The number of allylic oxidation sites excluding steroid dienone is 4. The zero-order valence-electron chi connectivity index (χ0n) is 54.0. The van der Waals surface area contributed by atoms with Crippen LogP contribution in [0.25, 0.3) is 40.2 Å². The highest BCUT2D eigenvalue weighted by molar-refractivity contribution is 7.80. The van der Waals surface area contributed by atoms with Crippen molar-refractivity contribution in [3.8, 4) is 5.75 Å². The van der Waals surface area contributed by atoms with Crippen molar-refractivity contribution in [2.24, 2.45) is 5.92 Å². The van der Waals surface area contributed by atoms with Gasteiger partial charge in [-0.3, -0.25) is 28.9 Å². The Morgan fingerprint density at radius 1 is 0.660 bits per heavy atom. The quantitative estimate of drug-likeness (QED) is 0.0470. The Kier molecular flexibility index (Phi) is 23.2. The monoisotopic (exact) mass is 1350 g/mol. The van der Waals surface area contributed by atoms with E-state index in [0.717, 1.165) is 103 Å². The van der Waals surface area contributed by atoms with Crippen molar-refractivity contribution >= 4 is 128 Å². The van der Waals surface area contributed by atoms with Crippen LogP contribution in [0.15, 0.2) is 209 Å². The van der Waals surface area contributed by atoms with Gasteiger partial charge in [0.15, 0.2) is 23.5 Å². The number of hydrogen-bond donors (Lipinski definition) is 0. The van der Waals surface area contributed by atoms with E-state index in [4.69, 9.17) is 62.0 Å². The average molecular weight is 1350 g/mol. The number of aryl methyl sites for hydroxylation is 1. The highest BCUT2D eigenvalue weighted by atomic mass is 32.1. The number of carbonyl (C=O) groups is 7. The fourth-order valence-electron chi connectivity index (χ4n) is 10.9. The Morgan fingerprint density at radius 2 is 1.28 bits per heavy atom. The Hall–Kier alpha value is -10.7. The van der Waals surface area contributed by atoms with Gasteiger partial charge in [-0.2, -0.15) is 4.57 Å². The Bertz CT molecular complexity index is 4290. The molecule has 5 aliphatic heterocycles. The highest BCUT2D eigenvalue weighted by Gasteiger charge is 2.40. The molecule has 2 unspecified atom stereocenters. The second-order valence-electron chi connectivity index (χ2n) is 22.4. The van der Waals surface area contributed by atoms with E-state index in [1.54, 1.807) is 63.6 Å². The van der Waals surface area contributed by atoms with Crippen molar-refractivity contribution in [1.29, 1.82) is 0 Å². The van der Waals surface area contributed by atoms with Crippen molar-refractivity contribution < 1.29 is 75.7 Å². The number of furan rings is 1. The van der Waals surface area contributed by atoms with Crippen LogP contribution < -0.4 is 14.2 Å². The average Bonchev–Trinajstić information content (AvgIpc) is 1.76. The molecule has 1 aliphatic carbocycles. The number of nitrogens with zero attached hydrogens (tertiary/aromatic N) is 6. The lowest BCUT2D eigenvalue weighted by atomic mass is 9.97. The van der Waals surface area contributed by atoms with E-state index in [1.807, 2.05) is 109 Å². The summed E-state index contributed by atoms with van der Waals surface area (Å²) in [5.74, 6) is -0.893. The minimum absolute atomic E-state index is 0.0309. The SMILES string of the molecule is CCCC[n+]1ccccc1/C=C1/OC(=S)N(CCOC)C1=O.CCN1C(=O)O/C(=C/c2ccc3oc4ccccc4c3c2)C1=O.COc1ccc(/C=C2/OC(=S)N(C(C)=O)C2=O)cc1.O=C1O/C(=C/C2C=CC(N(c3ccccc3)c3ccccc3)=CC2)C(=O)N1CC1CCCO1. The molecule has 5 fully saturated rings. The van der Waals surface area contributed by atoms with Gasteiger partial charge in [-0.05, 0) is 147 Å². The molecule has 7 aromatic rings. The second kappa shape index (κ2) is 32.6. The third-order valence-electron chi connectivity index (χ3n) is 15.9. The van der Waals surface area contributed by atoms with E-state index in [0.29, 0.717) is 38.5 Å². The first-order valence-corrected chi connectivity index (χ1v) is 32.4. The summed E-state index contributed by atoms with van der Waals surface area (Å²) in [6.45, 7) is 8.08. The number of hydrogen-bond acceptors (Lipinski definition) is 18. The molecule has 5 saturated heterocycles. The van der Waals surface area contributed by atoms with Crippen LogP contribution in [0.5, 0.6) is 5.75 Å². The largest absolute Gasteiger partial charge is 0.497 e. The van der Waals surface area contributed by atoms with Crippen molar-refractivity contribution in [3.63, 3.8) is 0 Å². The maximum atomic E-state index is 12.7. The fraction of sp³-hybridized carbons (Fsp3) is 0.243. The molecule has 5 aromatic carbocycles. The molecular formula is C74H71N6O15S2+. The van der Waals surface area contributed by atoms with Gasteiger partial charge in [0.25, 0.3) is 28.1 Å². The summed E-state index contributed by atoms with van der Waals surface area (Å²) in [5.41, 5.74) is 7.23. The van der Waals surface area contributed by atoms with Crippen molar-refractivity contribution in [2.45, 2.75) is 65.5 Å². The number of pyridine rings is 1. The first-order valence-electron chi connectivity index (χ1n) is 31.5. The number of carbonyl (C=O) groups excluding carboxylic acids is 7. The van der Waals surface area contributed by atoms with E-state index in [-0.39, 0.29) is 63.8 Å². The summed E-state index contributed by atoms with van der Waals surface area (Å²) in [6, 6.07) is 46.7. The molecular weight excluding hydrogens is 1280 g/mol. The molecule has 2 aromatic heterocycles. The molecule has 2 atom stereocenters. The summed E-state index contributed by atoms with van der Waals surface area (Å²) in [7, 11) is 3.15. The van der Waals surface area contributed by atoms with Crippen LogP contribution in [0, 0.1) is 5.92 Å². The number of unbranched alkanes of at least 4 members (excludes halogenated alkanes) is 1. The zero-order chi connectivity index (χ0) is 68.5. The van der Waals surface area contributed by atoms with E-state index in [1.165, 1.54) is 17.9 Å². The van der Waals surface area contributed by atoms with Gasteiger partial charge in [0.1, 0.15) is 23.5 Å². The summed E-state index contributed by atoms with van der Waals surface area (Å²) < 4.78 is 44.4. The summed E-state index contributed by atoms with van der Waals surface area (Å²) in [5, 5.41) is 2.01. The fourth-order valence-corrected chi connectivity index (χ4v) is 11.5. The number of ether oxygens (including phenoxy) is 7. The van der Waals surface area contributed by atoms with Gasteiger partial charge in [-0.1, -0.05) is 98.3 Å². The van der Waals surface area contributed by atoms with Gasteiger partial charge in [-0.25, -0.2) is 24.3 Å². The van der Waals surface area contributed by atoms with Crippen LogP contribution in [0.1, 0.15) is 69.7 Å². The van der Waals surface area contributed by atoms with Crippen molar-refractivity contribution in [1.82, 2.24) is 19.6 Å². The number of benzene rings is 5. The molecule has 21 nitrogen and oxygen atoms in total. The molecule has 0 bridgehead atoms. The molecule has 6 aliphatic rings. The van der Waals surface area contributed by atoms with Gasteiger partial charge in [-0.15, -0.1) is 0 Å². The number of para-hydroxylation sites is 3. The summed E-state index contributed by atoms with van der Waals surface area (Å²) in [6.07, 6.45) is 18.2. The molecule has 7 amide bonds. The van der Waals surface area contributed by atoms with Crippen LogP contribution in [-0.4, -0.2) is 125 Å². The first kappa shape index (κ1) is 69.1. The minimum atomic E-state index is -0.626. The van der Waals surface area contributed by atoms with Gasteiger partial charge >= 0.3 is 18.1 Å². The number of cyclic esters (lactones) is 2. The third kappa shape index (κ3) is 16.9. The zero-order valence-corrected chi connectivity index (χ0v) is 55.7. The molecule has 97 heavy (non-hydrogen) atoms. The molecule has 0 spiro atoms. The number of methoxy groups -OCH3 is 2. The van der Waals surface area contributed by atoms with Crippen LogP contribution >= 0.6 is 24.4 Å². The summed E-state index contributed by atoms with van der Waals surface area (Å²) >= 11 is 9.93. The van der Waals surface area contributed by atoms with Crippen molar-refractivity contribution in [3.05, 3.63) is 222 Å². The maximum absolute atomic E-state index is 12.7.